The van der Waals surface area contributed by atoms with E-state index in [1.807, 2.05) is 6.07 Å². The van der Waals surface area contributed by atoms with Gasteiger partial charge in [-0.3, -0.25) is 0 Å². The predicted molar refractivity (Wildman–Crippen MR) is 77.2 cm³/mol. The zero-order valence-electron chi connectivity index (χ0n) is 10.6. The Balaban J connectivity index is 2.19. The minimum Gasteiger partial charge on any atom is -0.377 e. The van der Waals surface area contributed by atoms with Gasteiger partial charge in [-0.2, -0.15) is 0 Å². The van der Waals surface area contributed by atoms with Gasteiger partial charge in [-0.25, -0.2) is 0 Å². The molecule has 1 atom stereocenters. The number of rotatable bonds is 3. The maximum absolute atomic E-state index is 6.01. The molecule has 0 amide bonds. The van der Waals surface area contributed by atoms with Crippen molar-refractivity contribution in [2.75, 3.05) is 11.9 Å². The lowest BCUT2D eigenvalue weighted by Gasteiger charge is -2.32. The Morgan fingerprint density at radius 3 is 2.53 bits per heavy atom. The maximum Gasteiger partial charge on any atom is 0.0501 e. The third kappa shape index (κ3) is 2.83. The molecule has 0 aromatic heterocycles. The van der Waals surface area contributed by atoms with E-state index < -0.39 is 0 Å². The lowest BCUT2D eigenvalue weighted by atomic mass is 9.87. The van der Waals surface area contributed by atoms with E-state index in [0.717, 1.165) is 23.0 Å². The summed E-state index contributed by atoms with van der Waals surface area (Å²) >= 11 is 3.58. The van der Waals surface area contributed by atoms with Crippen LogP contribution in [0.4, 0.5) is 5.69 Å². The summed E-state index contributed by atoms with van der Waals surface area (Å²) in [5, 5.41) is 3.66. The number of hydrogen-bond donors (Lipinski definition) is 2. The molecule has 1 unspecified atom stereocenters. The standard InChI is InChI=1S/C14H21BrN2/c1-13(2)7-8-14(9-13,10-16)17-12-6-4-3-5-11(12)15/h3-6,17H,7-10,16H2,1-2H3. The van der Waals surface area contributed by atoms with Crippen molar-refractivity contribution in [2.24, 2.45) is 11.1 Å². The minimum absolute atomic E-state index is 0.0629. The van der Waals surface area contributed by atoms with Crippen molar-refractivity contribution in [3.63, 3.8) is 0 Å². The highest BCUT2D eigenvalue weighted by Crippen LogP contribution is 2.45. The number of hydrogen-bond acceptors (Lipinski definition) is 2. The van der Waals surface area contributed by atoms with Crippen molar-refractivity contribution in [3.05, 3.63) is 28.7 Å². The zero-order valence-corrected chi connectivity index (χ0v) is 12.2. The second-order valence-electron chi connectivity index (χ2n) is 5.93. The number of halogens is 1. The van der Waals surface area contributed by atoms with Gasteiger partial charge in [0.15, 0.2) is 0 Å². The normalized spacial score (nSPS) is 27.1. The Hall–Kier alpha value is -0.540. The number of nitrogens with two attached hydrogens (primary N) is 1. The molecule has 0 aliphatic heterocycles. The number of nitrogens with one attached hydrogen (secondary N) is 1. The van der Waals surface area contributed by atoms with Crippen LogP contribution in [0.15, 0.2) is 28.7 Å². The first kappa shape index (κ1) is 12.9. The fourth-order valence-electron chi connectivity index (χ4n) is 2.85. The molecule has 1 aromatic rings. The van der Waals surface area contributed by atoms with Crippen LogP contribution < -0.4 is 11.1 Å². The van der Waals surface area contributed by atoms with Crippen LogP contribution in [0.5, 0.6) is 0 Å². The van der Waals surface area contributed by atoms with Crippen LogP contribution in [0.2, 0.25) is 0 Å². The Labute approximate surface area is 112 Å². The van der Waals surface area contributed by atoms with Gasteiger partial charge < -0.3 is 11.1 Å². The maximum atomic E-state index is 6.01. The summed E-state index contributed by atoms with van der Waals surface area (Å²) in [6.45, 7) is 5.34. The number of anilines is 1. The largest absolute Gasteiger partial charge is 0.377 e. The fraction of sp³-hybridized carbons (Fsp3) is 0.571. The summed E-state index contributed by atoms with van der Waals surface area (Å²) < 4.78 is 1.11. The molecule has 3 N–H and O–H groups in total. The van der Waals surface area contributed by atoms with Crippen molar-refractivity contribution in [2.45, 2.75) is 38.6 Å². The third-order valence-corrected chi connectivity index (χ3v) is 4.45. The van der Waals surface area contributed by atoms with Gasteiger partial charge in [-0.15, -0.1) is 0 Å². The molecule has 0 heterocycles. The van der Waals surface area contributed by atoms with Gasteiger partial charge in [-0.05, 0) is 52.7 Å². The van der Waals surface area contributed by atoms with Crippen LogP contribution in [-0.4, -0.2) is 12.1 Å². The van der Waals surface area contributed by atoms with E-state index >= 15 is 0 Å². The van der Waals surface area contributed by atoms with E-state index in [0.29, 0.717) is 12.0 Å². The molecule has 1 aliphatic rings. The number of para-hydroxylation sites is 1. The number of benzene rings is 1. The minimum atomic E-state index is 0.0629. The highest BCUT2D eigenvalue weighted by Gasteiger charge is 2.42. The Bertz CT molecular complexity index is 403. The summed E-state index contributed by atoms with van der Waals surface area (Å²) in [6.07, 6.45) is 3.53. The molecule has 3 heteroatoms. The second kappa shape index (κ2) is 4.62. The van der Waals surface area contributed by atoms with Crippen LogP contribution in [-0.2, 0) is 0 Å². The van der Waals surface area contributed by atoms with Gasteiger partial charge >= 0.3 is 0 Å². The second-order valence-corrected chi connectivity index (χ2v) is 6.78. The highest BCUT2D eigenvalue weighted by molar-refractivity contribution is 9.10. The molecule has 94 valence electrons. The van der Waals surface area contributed by atoms with E-state index in [-0.39, 0.29) is 5.54 Å². The Morgan fingerprint density at radius 2 is 2.00 bits per heavy atom. The van der Waals surface area contributed by atoms with Gasteiger partial charge in [0, 0.05) is 16.7 Å². The lowest BCUT2D eigenvalue weighted by molar-refractivity contribution is 0.351. The summed E-state index contributed by atoms with van der Waals surface area (Å²) in [6, 6.07) is 8.25. The van der Waals surface area contributed by atoms with E-state index in [9.17, 15) is 0 Å². The Kier molecular flexibility index (Phi) is 3.50. The smallest absolute Gasteiger partial charge is 0.0501 e. The quantitative estimate of drug-likeness (QED) is 0.891. The van der Waals surface area contributed by atoms with Gasteiger partial charge in [0.1, 0.15) is 0 Å². The van der Waals surface area contributed by atoms with Crippen molar-refractivity contribution in [1.82, 2.24) is 0 Å². The summed E-state index contributed by atoms with van der Waals surface area (Å²) in [7, 11) is 0. The molecule has 1 aliphatic carbocycles. The molecule has 17 heavy (non-hydrogen) atoms. The van der Waals surface area contributed by atoms with Crippen LogP contribution in [0, 0.1) is 5.41 Å². The van der Waals surface area contributed by atoms with E-state index in [4.69, 9.17) is 5.73 Å². The molecular formula is C14H21BrN2. The first-order valence-corrected chi connectivity index (χ1v) is 6.99. The molecule has 0 saturated heterocycles. The molecule has 1 aromatic carbocycles. The molecule has 0 spiro atoms. The summed E-state index contributed by atoms with van der Waals surface area (Å²) in [5.41, 5.74) is 7.62. The van der Waals surface area contributed by atoms with E-state index in [2.05, 4.69) is 53.3 Å². The highest BCUT2D eigenvalue weighted by atomic mass is 79.9. The summed E-state index contributed by atoms with van der Waals surface area (Å²) in [5.74, 6) is 0. The van der Waals surface area contributed by atoms with Crippen LogP contribution in [0.1, 0.15) is 33.1 Å². The van der Waals surface area contributed by atoms with Gasteiger partial charge in [0.25, 0.3) is 0 Å². The predicted octanol–water partition coefficient (Wildman–Crippen LogP) is 3.77. The van der Waals surface area contributed by atoms with E-state index in [1.165, 1.54) is 6.42 Å². The van der Waals surface area contributed by atoms with E-state index in [1.54, 1.807) is 0 Å². The molecule has 2 nitrogen and oxygen atoms in total. The van der Waals surface area contributed by atoms with Crippen molar-refractivity contribution in [1.29, 1.82) is 0 Å². The van der Waals surface area contributed by atoms with Gasteiger partial charge in [0.05, 0.1) is 5.54 Å². The molecule has 0 bridgehead atoms. The van der Waals surface area contributed by atoms with Crippen LogP contribution in [0.3, 0.4) is 0 Å². The SMILES string of the molecule is CC1(C)CCC(CN)(Nc2ccccc2Br)C1. The first-order valence-electron chi connectivity index (χ1n) is 6.19. The van der Waals surface area contributed by atoms with Gasteiger partial charge in [-0.1, -0.05) is 26.0 Å². The van der Waals surface area contributed by atoms with Crippen molar-refractivity contribution >= 4 is 21.6 Å². The Morgan fingerprint density at radius 1 is 1.29 bits per heavy atom. The lowest BCUT2D eigenvalue weighted by Crippen LogP contribution is -2.43. The average molecular weight is 297 g/mol. The third-order valence-electron chi connectivity index (χ3n) is 3.76. The molecule has 1 fully saturated rings. The van der Waals surface area contributed by atoms with Crippen LogP contribution in [0.25, 0.3) is 0 Å². The fourth-order valence-corrected chi connectivity index (χ4v) is 3.23. The zero-order chi connectivity index (χ0) is 12.5. The monoisotopic (exact) mass is 296 g/mol. The molecular weight excluding hydrogens is 276 g/mol. The summed E-state index contributed by atoms with van der Waals surface area (Å²) in [4.78, 5) is 0. The van der Waals surface area contributed by atoms with Gasteiger partial charge in [0.2, 0.25) is 0 Å². The van der Waals surface area contributed by atoms with Crippen molar-refractivity contribution < 1.29 is 0 Å². The van der Waals surface area contributed by atoms with Crippen LogP contribution >= 0.6 is 15.9 Å². The van der Waals surface area contributed by atoms with Crippen molar-refractivity contribution in [3.8, 4) is 0 Å². The topological polar surface area (TPSA) is 38.0 Å². The average Bonchev–Trinajstić information content (AvgIpc) is 2.59. The first-order chi connectivity index (χ1) is 7.96. The molecule has 0 radical (unpaired) electrons. The molecule has 1 saturated carbocycles. The molecule has 2 rings (SSSR count).